The monoisotopic (exact) mass is 488 g/mol. The van der Waals surface area contributed by atoms with Crippen LogP contribution in [0.15, 0.2) is 67.1 Å². The van der Waals surface area contributed by atoms with E-state index in [1.165, 1.54) is 0 Å². The lowest BCUT2D eigenvalue weighted by Crippen LogP contribution is -2.33. The van der Waals surface area contributed by atoms with E-state index >= 15 is 0 Å². The van der Waals surface area contributed by atoms with E-state index in [2.05, 4.69) is 43.2 Å². The van der Waals surface area contributed by atoms with Gasteiger partial charge in [-0.25, -0.2) is 4.98 Å². The van der Waals surface area contributed by atoms with E-state index in [4.69, 9.17) is 4.74 Å². The second-order valence-electron chi connectivity index (χ2n) is 5.70. The Morgan fingerprint density at radius 1 is 1.00 bits per heavy atom. The smallest absolute Gasteiger partial charge is 0.252 e. The summed E-state index contributed by atoms with van der Waals surface area (Å²) >= 11 is 2.08. The number of amides is 2. The molecule has 7 nitrogen and oxygen atoms in total. The second-order valence-corrected chi connectivity index (χ2v) is 6.87. The van der Waals surface area contributed by atoms with Crippen LogP contribution in [-0.2, 0) is 11.4 Å². The molecule has 2 aromatic heterocycles. The molecule has 0 fully saturated rings. The molecule has 2 amide bonds. The van der Waals surface area contributed by atoms with Gasteiger partial charge in [-0.3, -0.25) is 14.6 Å². The van der Waals surface area contributed by atoms with Crippen LogP contribution >= 0.6 is 22.6 Å². The molecule has 1 aromatic carbocycles. The van der Waals surface area contributed by atoms with Crippen molar-refractivity contribution >= 4 is 40.2 Å². The number of nitrogens with one attached hydrogen (secondary N) is 2. The lowest BCUT2D eigenvalue weighted by atomic mass is 10.2. The molecule has 28 heavy (non-hydrogen) atoms. The molecule has 0 radical (unpaired) electrons. The summed E-state index contributed by atoms with van der Waals surface area (Å²) in [5.74, 6) is 0.0313. The summed E-state index contributed by atoms with van der Waals surface area (Å²) in [5, 5.41) is 5.27. The van der Waals surface area contributed by atoms with Gasteiger partial charge in [0.15, 0.2) is 11.6 Å². The molecule has 3 rings (SSSR count). The van der Waals surface area contributed by atoms with E-state index in [-0.39, 0.29) is 12.5 Å². The number of ether oxygens (including phenoxy) is 1. The Hall–Kier alpha value is -3.01. The molecule has 0 unspecified atom stereocenters. The number of carbonyl (C=O) groups is 2. The molecule has 0 saturated heterocycles. The highest BCUT2D eigenvalue weighted by molar-refractivity contribution is 14.1. The van der Waals surface area contributed by atoms with Crippen molar-refractivity contribution in [1.82, 2.24) is 15.3 Å². The Bertz CT molecular complexity index is 966. The molecule has 0 saturated carbocycles. The Morgan fingerprint density at radius 2 is 1.79 bits per heavy atom. The number of pyridine rings is 2. The minimum absolute atomic E-state index is 0.176. The van der Waals surface area contributed by atoms with Crippen molar-refractivity contribution in [1.29, 1.82) is 0 Å². The minimum Gasteiger partial charge on any atom is -0.485 e. The summed E-state index contributed by atoms with van der Waals surface area (Å²) in [6.45, 7) is 0.143. The molecule has 142 valence electrons. The number of hydrogen-bond donors (Lipinski definition) is 2. The van der Waals surface area contributed by atoms with E-state index in [0.29, 0.717) is 23.7 Å². The van der Waals surface area contributed by atoms with Crippen molar-refractivity contribution in [3.63, 3.8) is 0 Å². The van der Waals surface area contributed by atoms with Crippen LogP contribution < -0.4 is 15.4 Å². The Kier molecular flexibility index (Phi) is 6.90. The number of aromatic nitrogens is 2. The van der Waals surface area contributed by atoms with Crippen molar-refractivity contribution in [2.24, 2.45) is 0 Å². The fourth-order valence-electron chi connectivity index (χ4n) is 2.32. The molecule has 0 bridgehead atoms. The molecule has 0 atom stereocenters. The van der Waals surface area contributed by atoms with Gasteiger partial charge in [0, 0.05) is 22.2 Å². The lowest BCUT2D eigenvalue weighted by Gasteiger charge is -2.12. The first-order valence-electron chi connectivity index (χ1n) is 8.43. The van der Waals surface area contributed by atoms with Crippen molar-refractivity contribution in [3.05, 3.63) is 81.8 Å². The quantitative estimate of drug-likeness (QED) is 0.499. The van der Waals surface area contributed by atoms with Crippen LogP contribution in [0.25, 0.3) is 0 Å². The maximum Gasteiger partial charge on any atom is 0.252 e. The van der Waals surface area contributed by atoms with Crippen molar-refractivity contribution in [2.75, 3.05) is 11.9 Å². The zero-order chi connectivity index (χ0) is 19.8. The summed E-state index contributed by atoms with van der Waals surface area (Å²) in [6.07, 6.45) is 4.92. The normalized spacial score (nSPS) is 10.2. The SMILES string of the molecule is O=C(CNC(=O)c1ccccc1I)Nc1ncccc1OCc1ccncc1. The maximum absolute atomic E-state index is 12.2. The van der Waals surface area contributed by atoms with E-state index in [9.17, 15) is 9.59 Å². The number of halogens is 1. The van der Waals surface area contributed by atoms with Gasteiger partial charge in [-0.05, 0) is 64.6 Å². The zero-order valence-electron chi connectivity index (χ0n) is 14.8. The first-order valence-corrected chi connectivity index (χ1v) is 9.50. The highest BCUT2D eigenvalue weighted by Gasteiger charge is 2.13. The largest absolute Gasteiger partial charge is 0.485 e. The number of benzene rings is 1. The summed E-state index contributed by atoms with van der Waals surface area (Å²) < 4.78 is 6.56. The molecular formula is C20H17IN4O3. The lowest BCUT2D eigenvalue weighted by molar-refractivity contribution is -0.115. The van der Waals surface area contributed by atoms with Gasteiger partial charge in [0.25, 0.3) is 5.91 Å². The van der Waals surface area contributed by atoms with Crippen molar-refractivity contribution in [3.8, 4) is 5.75 Å². The van der Waals surface area contributed by atoms with Crippen LogP contribution in [0, 0.1) is 3.57 Å². The predicted molar refractivity (Wildman–Crippen MR) is 113 cm³/mol. The van der Waals surface area contributed by atoms with Gasteiger partial charge < -0.3 is 15.4 Å². The summed E-state index contributed by atoms with van der Waals surface area (Å²) in [6, 6.07) is 14.3. The van der Waals surface area contributed by atoms with Crippen LogP contribution in [-0.4, -0.2) is 28.3 Å². The third-order valence-electron chi connectivity index (χ3n) is 3.70. The number of rotatable bonds is 7. The highest BCUT2D eigenvalue weighted by Crippen LogP contribution is 2.22. The van der Waals surface area contributed by atoms with Gasteiger partial charge in [0.2, 0.25) is 5.91 Å². The number of hydrogen-bond acceptors (Lipinski definition) is 5. The van der Waals surface area contributed by atoms with E-state index < -0.39 is 5.91 Å². The van der Waals surface area contributed by atoms with Crippen LogP contribution in [0.1, 0.15) is 15.9 Å². The van der Waals surface area contributed by atoms with Crippen molar-refractivity contribution in [2.45, 2.75) is 6.61 Å². The average molecular weight is 488 g/mol. The van der Waals surface area contributed by atoms with Crippen LogP contribution in [0.5, 0.6) is 5.75 Å². The van der Waals surface area contributed by atoms with Gasteiger partial charge in [-0.2, -0.15) is 0 Å². The van der Waals surface area contributed by atoms with E-state index in [0.717, 1.165) is 9.13 Å². The fraction of sp³-hybridized carbons (Fsp3) is 0.100. The van der Waals surface area contributed by atoms with Crippen LogP contribution in [0.3, 0.4) is 0 Å². The molecular weight excluding hydrogens is 471 g/mol. The topological polar surface area (TPSA) is 93.2 Å². The molecule has 0 spiro atoms. The van der Waals surface area contributed by atoms with Gasteiger partial charge >= 0.3 is 0 Å². The molecule has 3 aromatic rings. The average Bonchev–Trinajstić information content (AvgIpc) is 2.72. The van der Waals surface area contributed by atoms with Crippen LogP contribution in [0.2, 0.25) is 0 Å². The molecule has 2 N–H and O–H groups in total. The first kappa shape index (κ1) is 19.7. The van der Waals surface area contributed by atoms with Gasteiger partial charge in [-0.1, -0.05) is 12.1 Å². The standard InChI is InChI=1S/C20H17IN4O3/c21-16-5-2-1-4-15(16)20(27)24-12-18(26)25-19-17(6-3-9-23-19)28-13-14-7-10-22-11-8-14/h1-11H,12-13H2,(H,24,27)(H,23,25,26). The molecule has 2 heterocycles. The fourth-order valence-corrected chi connectivity index (χ4v) is 2.95. The summed E-state index contributed by atoms with van der Waals surface area (Å²) in [7, 11) is 0. The number of carbonyl (C=O) groups excluding carboxylic acids is 2. The number of nitrogens with zero attached hydrogens (tertiary/aromatic N) is 2. The minimum atomic E-state index is -0.397. The maximum atomic E-state index is 12.2. The third kappa shape index (κ3) is 5.49. The first-order chi connectivity index (χ1) is 13.6. The Morgan fingerprint density at radius 3 is 2.57 bits per heavy atom. The van der Waals surface area contributed by atoms with Gasteiger partial charge in [-0.15, -0.1) is 0 Å². The van der Waals surface area contributed by atoms with Gasteiger partial charge in [0.1, 0.15) is 6.61 Å². The van der Waals surface area contributed by atoms with Crippen LogP contribution in [0.4, 0.5) is 5.82 Å². The zero-order valence-corrected chi connectivity index (χ0v) is 16.9. The Balaban J connectivity index is 1.57. The molecule has 8 heteroatoms. The highest BCUT2D eigenvalue weighted by atomic mass is 127. The number of anilines is 1. The third-order valence-corrected chi connectivity index (χ3v) is 4.64. The predicted octanol–water partition coefficient (Wildman–Crippen LogP) is 3.03. The van der Waals surface area contributed by atoms with E-state index in [1.807, 2.05) is 24.3 Å². The molecule has 0 aliphatic heterocycles. The Labute approximate surface area is 175 Å². The summed E-state index contributed by atoms with van der Waals surface area (Å²) in [5.41, 5.74) is 1.47. The molecule has 0 aliphatic carbocycles. The van der Waals surface area contributed by atoms with Gasteiger partial charge in [0.05, 0.1) is 12.1 Å². The van der Waals surface area contributed by atoms with E-state index in [1.54, 1.807) is 42.9 Å². The summed E-state index contributed by atoms with van der Waals surface area (Å²) in [4.78, 5) is 32.5. The van der Waals surface area contributed by atoms with Crippen molar-refractivity contribution < 1.29 is 14.3 Å². The molecule has 0 aliphatic rings. The second kappa shape index (κ2) is 9.79.